The van der Waals surface area contributed by atoms with Crippen molar-refractivity contribution in [3.8, 4) is 5.95 Å². The zero-order valence-corrected chi connectivity index (χ0v) is 14.5. The van der Waals surface area contributed by atoms with E-state index in [1.54, 1.807) is 49.9 Å². The summed E-state index contributed by atoms with van der Waals surface area (Å²) in [5, 5.41) is 8.33. The van der Waals surface area contributed by atoms with Crippen LogP contribution >= 0.6 is 0 Å². The van der Waals surface area contributed by atoms with Gasteiger partial charge in [-0.05, 0) is 30.5 Å². The number of hydrogen-bond donors (Lipinski definition) is 1. The normalized spacial score (nSPS) is 12.0. The van der Waals surface area contributed by atoms with Crippen LogP contribution in [0, 0.1) is 0 Å². The number of fused-ring (bicyclic) bond motifs is 1. The maximum atomic E-state index is 12.7. The summed E-state index contributed by atoms with van der Waals surface area (Å²) in [6.45, 7) is 1.68. The van der Waals surface area contributed by atoms with Gasteiger partial charge in [-0.3, -0.25) is 9.59 Å². The lowest BCUT2D eigenvalue weighted by Crippen LogP contribution is -2.31. The summed E-state index contributed by atoms with van der Waals surface area (Å²) in [4.78, 5) is 33.5. The maximum Gasteiger partial charge on any atom is 0.259 e. The molecule has 27 heavy (non-hydrogen) atoms. The Morgan fingerprint density at radius 2 is 1.89 bits per heavy atom. The van der Waals surface area contributed by atoms with Crippen molar-refractivity contribution in [2.24, 2.45) is 0 Å². The summed E-state index contributed by atoms with van der Waals surface area (Å²) in [6, 6.07) is 10.1. The van der Waals surface area contributed by atoms with Gasteiger partial charge in [-0.25, -0.2) is 14.6 Å². The molecule has 0 saturated heterocycles. The third-order valence-corrected chi connectivity index (χ3v) is 4.24. The summed E-state index contributed by atoms with van der Waals surface area (Å²) < 4.78 is 2.88. The van der Waals surface area contributed by atoms with Gasteiger partial charge in [0.1, 0.15) is 6.04 Å². The second-order valence-corrected chi connectivity index (χ2v) is 6.00. The van der Waals surface area contributed by atoms with Crippen molar-refractivity contribution in [1.82, 2.24) is 24.3 Å². The molecule has 0 fully saturated rings. The minimum Gasteiger partial charge on any atom is -0.322 e. The Hall–Kier alpha value is -3.81. The summed E-state index contributed by atoms with van der Waals surface area (Å²) >= 11 is 0. The fourth-order valence-electron chi connectivity index (χ4n) is 2.79. The number of benzene rings is 1. The molecular formula is C19H16N6O2. The molecular weight excluding hydrogens is 344 g/mol. The van der Waals surface area contributed by atoms with Gasteiger partial charge in [0.05, 0.1) is 18.1 Å². The Kier molecular flexibility index (Phi) is 4.21. The third kappa shape index (κ3) is 3.20. The molecule has 1 aromatic carbocycles. The van der Waals surface area contributed by atoms with E-state index in [-0.39, 0.29) is 11.5 Å². The van der Waals surface area contributed by atoms with Crippen LogP contribution in [0.4, 0.5) is 5.69 Å². The minimum atomic E-state index is -0.682. The standard InChI is InChI=1S/C19H16N6O2/c1-13(24-10-7-14-5-2-3-6-16(14)18(24)27)17(26)23-15-11-22-25(12-15)19-20-8-4-9-21-19/h2-13H,1H3,(H,23,26). The Labute approximate surface area is 154 Å². The number of hydrogen-bond acceptors (Lipinski definition) is 5. The Balaban J connectivity index is 1.56. The molecule has 0 saturated carbocycles. The van der Waals surface area contributed by atoms with Crippen molar-refractivity contribution < 1.29 is 4.79 Å². The number of aromatic nitrogens is 5. The van der Waals surface area contributed by atoms with E-state index in [2.05, 4.69) is 20.4 Å². The molecule has 3 aromatic heterocycles. The van der Waals surface area contributed by atoms with E-state index in [4.69, 9.17) is 0 Å². The summed E-state index contributed by atoms with van der Waals surface area (Å²) in [6.07, 6.45) is 7.97. The van der Waals surface area contributed by atoms with Crippen LogP contribution in [-0.4, -0.2) is 30.2 Å². The molecule has 0 radical (unpaired) electrons. The van der Waals surface area contributed by atoms with E-state index in [0.717, 1.165) is 5.39 Å². The van der Waals surface area contributed by atoms with Crippen LogP contribution in [0.5, 0.6) is 0 Å². The first-order valence-electron chi connectivity index (χ1n) is 8.36. The van der Waals surface area contributed by atoms with E-state index in [1.165, 1.54) is 15.4 Å². The van der Waals surface area contributed by atoms with Crippen LogP contribution in [0.25, 0.3) is 16.7 Å². The molecule has 0 aliphatic rings. The summed E-state index contributed by atoms with van der Waals surface area (Å²) in [7, 11) is 0. The van der Waals surface area contributed by atoms with Crippen LogP contribution in [0.2, 0.25) is 0 Å². The Morgan fingerprint density at radius 1 is 1.11 bits per heavy atom. The number of carbonyl (C=O) groups is 1. The molecule has 1 unspecified atom stereocenters. The first-order valence-corrected chi connectivity index (χ1v) is 8.36. The Morgan fingerprint density at radius 3 is 2.70 bits per heavy atom. The first kappa shape index (κ1) is 16.6. The van der Waals surface area contributed by atoms with Gasteiger partial charge in [0.2, 0.25) is 11.9 Å². The van der Waals surface area contributed by atoms with Crippen molar-refractivity contribution >= 4 is 22.4 Å². The average Bonchev–Trinajstić information content (AvgIpc) is 3.17. The van der Waals surface area contributed by atoms with Crippen molar-refractivity contribution in [3.63, 3.8) is 0 Å². The van der Waals surface area contributed by atoms with Gasteiger partial charge in [0, 0.05) is 24.0 Å². The number of pyridine rings is 1. The molecule has 1 amide bonds. The van der Waals surface area contributed by atoms with Gasteiger partial charge in [0.25, 0.3) is 5.56 Å². The van der Waals surface area contributed by atoms with Crippen LogP contribution < -0.4 is 10.9 Å². The fourth-order valence-corrected chi connectivity index (χ4v) is 2.79. The van der Waals surface area contributed by atoms with E-state index in [0.29, 0.717) is 17.0 Å². The number of nitrogens with zero attached hydrogens (tertiary/aromatic N) is 5. The highest BCUT2D eigenvalue weighted by Gasteiger charge is 2.18. The molecule has 4 aromatic rings. The monoisotopic (exact) mass is 360 g/mol. The molecule has 134 valence electrons. The van der Waals surface area contributed by atoms with Gasteiger partial charge >= 0.3 is 0 Å². The zero-order valence-electron chi connectivity index (χ0n) is 14.5. The topological polar surface area (TPSA) is 94.7 Å². The highest BCUT2D eigenvalue weighted by Crippen LogP contribution is 2.14. The smallest absolute Gasteiger partial charge is 0.259 e. The predicted molar refractivity (Wildman–Crippen MR) is 101 cm³/mol. The maximum absolute atomic E-state index is 12.7. The number of nitrogens with one attached hydrogen (secondary N) is 1. The van der Waals surface area contributed by atoms with Crippen LogP contribution in [0.3, 0.4) is 0 Å². The molecule has 0 aliphatic heterocycles. The lowest BCUT2D eigenvalue weighted by atomic mass is 10.1. The lowest BCUT2D eigenvalue weighted by Gasteiger charge is -2.15. The second kappa shape index (κ2) is 6.83. The van der Waals surface area contributed by atoms with Gasteiger partial charge in [-0.15, -0.1) is 0 Å². The van der Waals surface area contributed by atoms with Crippen LogP contribution in [0.1, 0.15) is 13.0 Å². The molecule has 1 N–H and O–H groups in total. The molecule has 4 rings (SSSR count). The van der Waals surface area contributed by atoms with Crippen molar-refractivity contribution in [3.05, 3.63) is 77.7 Å². The quantitative estimate of drug-likeness (QED) is 0.602. The van der Waals surface area contributed by atoms with E-state index in [9.17, 15) is 9.59 Å². The van der Waals surface area contributed by atoms with Crippen molar-refractivity contribution in [2.45, 2.75) is 13.0 Å². The summed E-state index contributed by atoms with van der Waals surface area (Å²) in [5.41, 5.74) is 0.289. The minimum absolute atomic E-state index is 0.205. The highest BCUT2D eigenvalue weighted by molar-refractivity contribution is 5.93. The number of anilines is 1. The fraction of sp³-hybridized carbons (Fsp3) is 0.105. The van der Waals surface area contributed by atoms with Gasteiger partial charge in [-0.1, -0.05) is 18.2 Å². The SMILES string of the molecule is CC(C(=O)Nc1cnn(-c2ncccn2)c1)n1ccc2ccccc2c1=O. The molecule has 0 bridgehead atoms. The number of rotatable bonds is 4. The Bertz CT molecular complexity index is 1170. The molecule has 1 atom stereocenters. The van der Waals surface area contributed by atoms with Gasteiger partial charge < -0.3 is 9.88 Å². The molecule has 8 heteroatoms. The molecule has 0 aliphatic carbocycles. The van der Waals surface area contributed by atoms with Gasteiger partial charge in [-0.2, -0.15) is 5.10 Å². The average molecular weight is 360 g/mol. The predicted octanol–water partition coefficient (Wildman–Crippen LogP) is 2.18. The third-order valence-electron chi connectivity index (χ3n) is 4.24. The van der Waals surface area contributed by atoms with E-state index in [1.807, 2.05) is 18.2 Å². The number of carbonyl (C=O) groups excluding carboxylic acids is 1. The van der Waals surface area contributed by atoms with Crippen molar-refractivity contribution in [1.29, 1.82) is 0 Å². The van der Waals surface area contributed by atoms with E-state index >= 15 is 0 Å². The highest BCUT2D eigenvalue weighted by atomic mass is 16.2. The molecule has 8 nitrogen and oxygen atoms in total. The molecule has 0 spiro atoms. The largest absolute Gasteiger partial charge is 0.322 e. The van der Waals surface area contributed by atoms with E-state index < -0.39 is 6.04 Å². The second-order valence-electron chi connectivity index (χ2n) is 6.00. The van der Waals surface area contributed by atoms with Crippen LogP contribution in [0.15, 0.2) is 72.2 Å². The lowest BCUT2D eigenvalue weighted by molar-refractivity contribution is -0.118. The van der Waals surface area contributed by atoms with Gasteiger partial charge in [0.15, 0.2) is 0 Å². The van der Waals surface area contributed by atoms with Crippen LogP contribution in [-0.2, 0) is 4.79 Å². The number of amides is 1. The summed E-state index contributed by atoms with van der Waals surface area (Å²) in [5.74, 6) is 0.0812. The van der Waals surface area contributed by atoms with Crippen molar-refractivity contribution in [2.75, 3.05) is 5.32 Å². The zero-order chi connectivity index (χ0) is 18.8. The first-order chi connectivity index (χ1) is 13.1. The molecule has 3 heterocycles.